The van der Waals surface area contributed by atoms with Gasteiger partial charge in [-0.15, -0.1) is 0 Å². The number of amides is 1. The normalized spacial score (nSPS) is 12.8. The Kier molecular flexibility index (Phi) is 5.07. The van der Waals surface area contributed by atoms with Crippen LogP contribution in [0.1, 0.15) is 17.4 Å². The molecule has 0 aliphatic heterocycles. The lowest BCUT2D eigenvalue weighted by atomic mass is 10.3. The van der Waals surface area contributed by atoms with Crippen molar-refractivity contribution in [1.82, 2.24) is 9.88 Å². The molecule has 0 spiro atoms. The molecule has 0 saturated heterocycles. The quantitative estimate of drug-likeness (QED) is 0.868. The zero-order valence-corrected chi connectivity index (χ0v) is 10.7. The van der Waals surface area contributed by atoms with Crippen molar-refractivity contribution in [2.45, 2.75) is 26.0 Å². The maximum atomic E-state index is 12.0. The number of rotatable bonds is 5. The number of hydrogen-bond donors (Lipinski definition) is 2. The van der Waals surface area contributed by atoms with Gasteiger partial charge >= 0.3 is 0 Å². The predicted molar refractivity (Wildman–Crippen MR) is 62.2 cm³/mol. The molecule has 0 radical (unpaired) electrons. The summed E-state index contributed by atoms with van der Waals surface area (Å²) >= 11 is 3.23. The van der Waals surface area contributed by atoms with E-state index in [1.807, 2.05) is 6.92 Å². The maximum absolute atomic E-state index is 12.0. The SMILES string of the molecule is CCn1cc(Br)cc1C(=O)NCC(O)C(F)F. The summed E-state index contributed by atoms with van der Waals surface area (Å²) in [6.45, 7) is 1.98. The Morgan fingerprint density at radius 1 is 1.65 bits per heavy atom. The standard InChI is InChI=1S/C10H13BrF2N2O2/c1-2-15-5-6(11)3-7(15)10(17)14-4-8(16)9(12)13/h3,5,8-9,16H,2,4H2,1H3,(H,14,17). The van der Waals surface area contributed by atoms with Crippen LogP contribution in [0.3, 0.4) is 0 Å². The van der Waals surface area contributed by atoms with Gasteiger partial charge in [0.2, 0.25) is 0 Å². The van der Waals surface area contributed by atoms with Gasteiger partial charge < -0.3 is 15.0 Å². The molecular formula is C10H13BrF2N2O2. The monoisotopic (exact) mass is 310 g/mol. The minimum absolute atomic E-state index is 0.362. The molecular weight excluding hydrogens is 298 g/mol. The van der Waals surface area contributed by atoms with E-state index < -0.39 is 25.0 Å². The molecule has 1 rings (SSSR count). The van der Waals surface area contributed by atoms with Crippen LogP contribution >= 0.6 is 15.9 Å². The molecule has 7 heteroatoms. The van der Waals surface area contributed by atoms with Crippen molar-refractivity contribution in [2.24, 2.45) is 0 Å². The third kappa shape index (κ3) is 3.78. The fourth-order valence-corrected chi connectivity index (χ4v) is 1.77. The molecule has 0 fully saturated rings. The van der Waals surface area contributed by atoms with Crippen LogP contribution in [0.15, 0.2) is 16.7 Å². The van der Waals surface area contributed by atoms with Crippen LogP contribution in [-0.2, 0) is 6.54 Å². The lowest BCUT2D eigenvalue weighted by Crippen LogP contribution is -2.36. The summed E-state index contributed by atoms with van der Waals surface area (Å²) in [6.07, 6.45) is -2.98. The highest BCUT2D eigenvalue weighted by atomic mass is 79.9. The Balaban J connectivity index is 2.63. The molecule has 2 N–H and O–H groups in total. The van der Waals surface area contributed by atoms with Crippen LogP contribution in [0.5, 0.6) is 0 Å². The molecule has 0 aromatic carbocycles. The number of halogens is 3. The number of alkyl halides is 2. The Morgan fingerprint density at radius 2 is 2.29 bits per heavy atom. The first-order valence-electron chi connectivity index (χ1n) is 5.05. The number of aliphatic hydroxyl groups is 1. The Morgan fingerprint density at radius 3 is 2.82 bits per heavy atom. The van der Waals surface area contributed by atoms with Crippen molar-refractivity contribution in [3.8, 4) is 0 Å². The third-order valence-corrected chi connectivity index (χ3v) is 2.63. The van der Waals surface area contributed by atoms with E-state index in [1.165, 1.54) is 0 Å². The number of aromatic nitrogens is 1. The van der Waals surface area contributed by atoms with Gasteiger partial charge in [0, 0.05) is 23.8 Å². The zero-order valence-electron chi connectivity index (χ0n) is 9.16. The lowest BCUT2D eigenvalue weighted by Gasteiger charge is -2.11. The van der Waals surface area contributed by atoms with Gasteiger partial charge in [-0.25, -0.2) is 8.78 Å². The molecule has 1 heterocycles. The zero-order chi connectivity index (χ0) is 13.0. The number of aryl methyl sites for hydroxylation is 1. The second-order valence-electron chi connectivity index (χ2n) is 3.44. The van der Waals surface area contributed by atoms with E-state index in [1.54, 1.807) is 16.8 Å². The van der Waals surface area contributed by atoms with Crippen molar-refractivity contribution in [3.05, 3.63) is 22.4 Å². The van der Waals surface area contributed by atoms with Gasteiger partial charge in [0.05, 0.1) is 0 Å². The molecule has 1 aromatic heterocycles. The molecule has 1 amide bonds. The van der Waals surface area contributed by atoms with Crippen LogP contribution in [0.25, 0.3) is 0 Å². The van der Waals surface area contributed by atoms with Gasteiger partial charge in [0.25, 0.3) is 12.3 Å². The topological polar surface area (TPSA) is 54.3 Å². The smallest absolute Gasteiger partial charge is 0.268 e. The molecule has 0 saturated carbocycles. The van der Waals surface area contributed by atoms with E-state index in [0.717, 1.165) is 4.47 Å². The second-order valence-corrected chi connectivity index (χ2v) is 4.36. The molecule has 0 aliphatic rings. The Hall–Kier alpha value is -0.950. The Labute approximate surface area is 106 Å². The fraction of sp³-hybridized carbons (Fsp3) is 0.500. The van der Waals surface area contributed by atoms with Crippen molar-refractivity contribution in [2.75, 3.05) is 6.54 Å². The minimum atomic E-state index is -2.86. The summed E-state index contributed by atoms with van der Waals surface area (Å²) in [5.74, 6) is -0.489. The fourth-order valence-electron chi connectivity index (χ4n) is 1.30. The summed E-state index contributed by atoms with van der Waals surface area (Å²) in [5, 5.41) is 11.1. The van der Waals surface area contributed by atoms with E-state index >= 15 is 0 Å². The van der Waals surface area contributed by atoms with Gasteiger partial charge in [0.15, 0.2) is 0 Å². The first-order chi connectivity index (χ1) is 7.95. The van der Waals surface area contributed by atoms with E-state index in [2.05, 4.69) is 21.2 Å². The molecule has 1 unspecified atom stereocenters. The first-order valence-corrected chi connectivity index (χ1v) is 5.85. The molecule has 4 nitrogen and oxygen atoms in total. The Bertz CT molecular complexity index is 396. The van der Waals surface area contributed by atoms with E-state index in [-0.39, 0.29) is 0 Å². The van der Waals surface area contributed by atoms with Gasteiger partial charge in [-0.3, -0.25) is 4.79 Å². The number of hydrogen-bond acceptors (Lipinski definition) is 2. The van der Waals surface area contributed by atoms with Gasteiger partial charge in [-0.2, -0.15) is 0 Å². The highest BCUT2D eigenvalue weighted by molar-refractivity contribution is 9.10. The molecule has 1 aromatic rings. The molecule has 0 aliphatic carbocycles. The number of carbonyl (C=O) groups is 1. The molecule has 17 heavy (non-hydrogen) atoms. The summed E-state index contributed by atoms with van der Waals surface area (Å²) in [6, 6.07) is 1.59. The average molecular weight is 311 g/mol. The molecule has 96 valence electrons. The maximum Gasteiger partial charge on any atom is 0.268 e. The van der Waals surface area contributed by atoms with Gasteiger partial charge in [0.1, 0.15) is 11.8 Å². The highest BCUT2D eigenvalue weighted by Crippen LogP contribution is 2.14. The van der Waals surface area contributed by atoms with Gasteiger partial charge in [-0.1, -0.05) is 0 Å². The van der Waals surface area contributed by atoms with E-state index in [0.29, 0.717) is 12.2 Å². The highest BCUT2D eigenvalue weighted by Gasteiger charge is 2.19. The summed E-state index contributed by atoms with van der Waals surface area (Å²) < 4.78 is 26.4. The predicted octanol–water partition coefficient (Wildman–Crippen LogP) is 1.63. The van der Waals surface area contributed by atoms with Crippen LogP contribution in [0.4, 0.5) is 8.78 Å². The number of carbonyl (C=O) groups excluding carboxylic acids is 1. The van der Waals surface area contributed by atoms with Crippen molar-refractivity contribution in [3.63, 3.8) is 0 Å². The number of nitrogens with one attached hydrogen (secondary N) is 1. The van der Waals surface area contributed by atoms with Crippen LogP contribution < -0.4 is 5.32 Å². The molecule has 0 bridgehead atoms. The second kappa shape index (κ2) is 6.11. The van der Waals surface area contributed by atoms with E-state index in [9.17, 15) is 13.6 Å². The summed E-state index contributed by atoms with van der Waals surface area (Å²) in [5.41, 5.74) is 0.362. The average Bonchev–Trinajstić information content (AvgIpc) is 2.66. The van der Waals surface area contributed by atoms with Gasteiger partial charge in [-0.05, 0) is 28.9 Å². The first kappa shape index (κ1) is 14.1. The van der Waals surface area contributed by atoms with Crippen molar-refractivity contribution >= 4 is 21.8 Å². The van der Waals surface area contributed by atoms with E-state index in [4.69, 9.17) is 5.11 Å². The van der Waals surface area contributed by atoms with Crippen molar-refractivity contribution in [1.29, 1.82) is 0 Å². The van der Waals surface area contributed by atoms with Crippen molar-refractivity contribution < 1.29 is 18.7 Å². The number of nitrogens with zero attached hydrogens (tertiary/aromatic N) is 1. The largest absolute Gasteiger partial charge is 0.385 e. The number of aliphatic hydroxyl groups excluding tert-OH is 1. The van der Waals surface area contributed by atoms with Crippen LogP contribution in [0.2, 0.25) is 0 Å². The summed E-state index contributed by atoms with van der Waals surface area (Å²) in [4.78, 5) is 11.7. The van der Waals surface area contributed by atoms with Crippen LogP contribution in [-0.4, -0.2) is 34.7 Å². The lowest BCUT2D eigenvalue weighted by molar-refractivity contribution is -0.00274. The summed E-state index contributed by atoms with van der Waals surface area (Å²) in [7, 11) is 0. The third-order valence-electron chi connectivity index (χ3n) is 2.20. The van der Waals surface area contributed by atoms with Crippen LogP contribution in [0, 0.1) is 0 Å². The minimum Gasteiger partial charge on any atom is -0.385 e. The molecule has 1 atom stereocenters.